The summed E-state index contributed by atoms with van der Waals surface area (Å²) in [6.45, 7) is 5.96. The van der Waals surface area contributed by atoms with Gasteiger partial charge in [-0.15, -0.1) is 6.58 Å². The highest BCUT2D eigenvalue weighted by Gasteiger charge is 2.05. The minimum absolute atomic E-state index is 0.894. The lowest BCUT2D eigenvalue weighted by Gasteiger charge is -2.10. The van der Waals surface area contributed by atoms with Crippen LogP contribution in [0.2, 0.25) is 0 Å². The number of nitrogens with zero attached hydrogens (tertiary/aromatic N) is 4. The summed E-state index contributed by atoms with van der Waals surface area (Å²) in [6, 6.07) is 17.0. The van der Waals surface area contributed by atoms with Crippen LogP contribution in [0.4, 0.5) is 0 Å². The topological polar surface area (TPSA) is 35.6 Å². The van der Waals surface area contributed by atoms with Gasteiger partial charge in [0.1, 0.15) is 0 Å². The largest absolute Gasteiger partial charge is 0.241 e. The maximum absolute atomic E-state index is 4.37. The molecule has 0 aliphatic heterocycles. The van der Waals surface area contributed by atoms with E-state index in [0.29, 0.717) is 0 Å². The lowest BCUT2D eigenvalue weighted by Crippen LogP contribution is -1.99. The molecule has 0 radical (unpaired) electrons. The van der Waals surface area contributed by atoms with Crippen molar-refractivity contribution < 1.29 is 0 Å². The van der Waals surface area contributed by atoms with Crippen LogP contribution in [0, 0.1) is 6.92 Å². The summed E-state index contributed by atoms with van der Waals surface area (Å²) in [5.74, 6) is 0. The van der Waals surface area contributed by atoms with Crippen LogP contribution in [0.15, 0.2) is 110 Å². The number of allylic oxidation sites excluding steroid dienone is 5. The first-order valence-electron chi connectivity index (χ1n) is 11.4. The van der Waals surface area contributed by atoms with E-state index in [9.17, 15) is 0 Å². The molecule has 33 heavy (non-hydrogen) atoms. The Kier molecular flexibility index (Phi) is 7.49. The highest BCUT2D eigenvalue weighted by molar-refractivity contribution is 5.43. The zero-order chi connectivity index (χ0) is 22.9. The van der Waals surface area contributed by atoms with E-state index in [1.165, 1.54) is 22.3 Å². The molecule has 0 amide bonds. The van der Waals surface area contributed by atoms with E-state index >= 15 is 0 Å². The highest BCUT2D eigenvalue weighted by atomic mass is 15.3. The van der Waals surface area contributed by atoms with Crippen LogP contribution in [0.25, 0.3) is 11.4 Å². The molecule has 0 aliphatic carbocycles. The van der Waals surface area contributed by atoms with E-state index in [-0.39, 0.29) is 0 Å². The first kappa shape index (κ1) is 22.3. The van der Waals surface area contributed by atoms with Crippen LogP contribution in [0.5, 0.6) is 0 Å². The fourth-order valence-electron chi connectivity index (χ4n) is 3.83. The predicted octanol–water partition coefficient (Wildman–Crippen LogP) is 6.38. The Bertz CT molecular complexity index is 1230. The van der Waals surface area contributed by atoms with Crippen molar-refractivity contribution in [3.05, 3.63) is 133 Å². The van der Waals surface area contributed by atoms with Crippen LogP contribution in [0.1, 0.15) is 28.7 Å². The second-order valence-electron chi connectivity index (χ2n) is 8.04. The molecule has 4 rings (SSSR count). The van der Waals surface area contributed by atoms with Crippen LogP contribution < -0.4 is 0 Å². The molecule has 2 aromatic heterocycles. The van der Waals surface area contributed by atoms with Gasteiger partial charge in [-0.2, -0.15) is 10.2 Å². The summed E-state index contributed by atoms with van der Waals surface area (Å²) in [4.78, 5) is 0. The molecule has 4 aromatic rings. The van der Waals surface area contributed by atoms with Gasteiger partial charge in [0.25, 0.3) is 0 Å². The standard InChI is InChI=1S/C29H30N4/c1-3-4-5-6-13-27-23-29(33-21-10-19-31-33)17-15-25(27)11-7-8-12-26-22-28(16-14-24(26)2)32-20-9-18-30-32/h3,5-10,14-23H,1,4,11-13H2,2H3/b6-5-,8-7-. The first-order chi connectivity index (χ1) is 16.2. The molecule has 166 valence electrons. The van der Waals surface area contributed by atoms with E-state index < -0.39 is 0 Å². The summed E-state index contributed by atoms with van der Waals surface area (Å²) in [5.41, 5.74) is 7.47. The van der Waals surface area contributed by atoms with Crippen molar-refractivity contribution >= 4 is 0 Å². The van der Waals surface area contributed by atoms with Gasteiger partial charge < -0.3 is 0 Å². The molecule has 0 N–H and O–H groups in total. The number of aryl methyl sites for hydroxylation is 1. The molecule has 4 heteroatoms. The fraction of sp³-hybridized carbons (Fsp3) is 0.172. The monoisotopic (exact) mass is 434 g/mol. The van der Waals surface area contributed by atoms with Crippen LogP contribution in [-0.4, -0.2) is 19.6 Å². The van der Waals surface area contributed by atoms with Crippen molar-refractivity contribution in [2.75, 3.05) is 0 Å². The van der Waals surface area contributed by atoms with Gasteiger partial charge in [-0.25, -0.2) is 9.36 Å². The molecule has 0 saturated heterocycles. The van der Waals surface area contributed by atoms with E-state index in [4.69, 9.17) is 0 Å². The first-order valence-corrected chi connectivity index (χ1v) is 11.4. The molecule has 0 bridgehead atoms. The Hall–Kier alpha value is -3.92. The van der Waals surface area contributed by atoms with Crippen molar-refractivity contribution in [1.82, 2.24) is 19.6 Å². The third kappa shape index (κ3) is 5.86. The molecule has 0 fully saturated rings. The fourth-order valence-corrected chi connectivity index (χ4v) is 3.83. The van der Waals surface area contributed by atoms with Crippen molar-refractivity contribution in [3.63, 3.8) is 0 Å². The molecule has 0 aliphatic rings. The van der Waals surface area contributed by atoms with Gasteiger partial charge in [-0.3, -0.25) is 0 Å². The lowest BCUT2D eigenvalue weighted by atomic mass is 9.99. The molecule has 0 unspecified atom stereocenters. The second-order valence-corrected chi connectivity index (χ2v) is 8.04. The zero-order valence-electron chi connectivity index (χ0n) is 19.1. The minimum Gasteiger partial charge on any atom is -0.241 e. The number of hydrogen-bond acceptors (Lipinski definition) is 2. The number of aromatic nitrogens is 4. The Balaban J connectivity index is 1.48. The van der Waals surface area contributed by atoms with Gasteiger partial charge in [0.05, 0.1) is 11.4 Å². The normalized spacial score (nSPS) is 11.5. The Labute approximate surface area is 196 Å². The Morgan fingerprint density at radius 3 is 1.94 bits per heavy atom. The highest BCUT2D eigenvalue weighted by Crippen LogP contribution is 2.19. The van der Waals surface area contributed by atoms with E-state index in [1.807, 2.05) is 46.2 Å². The summed E-state index contributed by atoms with van der Waals surface area (Å²) in [6.07, 6.45) is 22.0. The molecular formula is C29H30N4. The quantitative estimate of drug-likeness (QED) is 0.271. The lowest BCUT2D eigenvalue weighted by molar-refractivity contribution is 0.876. The van der Waals surface area contributed by atoms with Crippen molar-refractivity contribution in [2.45, 2.75) is 32.6 Å². The van der Waals surface area contributed by atoms with Gasteiger partial charge in [0, 0.05) is 24.8 Å². The SMILES string of the molecule is C=CC/C=C\Cc1cc(-n2cccn2)ccc1C/C=C\Cc1cc(-n2cccn2)ccc1C. The Morgan fingerprint density at radius 2 is 1.30 bits per heavy atom. The zero-order valence-corrected chi connectivity index (χ0v) is 19.1. The number of hydrogen-bond donors (Lipinski definition) is 0. The summed E-state index contributed by atoms with van der Waals surface area (Å²) >= 11 is 0. The Morgan fingerprint density at radius 1 is 0.727 bits per heavy atom. The maximum Gasteiger partial charge on any atom is 0.0648 e. The molecule has 2 heterocycles. The summed E-state index contributed by atoms with van der Waals surface area (Å²) in [5, 5.41) is 8.72. The smallest absolute Gasteiger partial charge is 0.0648 e. The van der Waals surface area contributed by atoms with Gasteiger partial charge in [-0.05, 0) is 91.3 Å². The average Bonchev–Trinajstić information content (AvgIpc) is 3.56. The van der Waals surface area contributed by atoms with E-state index in [1.54, 1.807) is 6.20 Å². The average molecular weight is 435 g/mol. The van der Waals surface area contributed by atoms with Crippen LogP contribution >= 0.6 is 0 Å². The van der Waals surface area contributed by atoms with Gasteiger partial charge >= 0.3 is 0 Å². The van der Waals surface area contributed by atoms with Crippen molar-refractivity contribution in [1.29, 1.82) is 0 Å². The number of rotatable bonds is 10. The third-order valence-electron chi connectivity index (χ3n) is 5.71. The third-order valence-corrected chi connectivity index (χ3v) is 5.71. The molecular weight excluding hydrogens is 404 g/mol. The molecule has 2 aromatic carbocycles. The summed E-state index contributed by atoms with van der Waals surface area (Å²) in [7, 11) is 0. The van der Waals surface area contributed by atoms with Gasteiger partial charge in [-0.1, -0.05) is 42.5 Å². The van der Waals surface area contributed by atoms with Crippen molar-refractivity contribution in [2.24, 2.45) is 0 Å². The molecule has 0 spiro atoms. The van der Waals surface area contributed by atoms with Crippen molar-refractivity contribution in [3.8, 4) is 11.4 Å². The molecule has 0 atom stereocenters. The number of benzene rings is 2. The van der Waals surface area contributed by atoms with E-state index in [2.05, 4.69) is 84.4 Å². The van der Waals surface area contributed by atoms with Crippen LogP contribution in [0.3, 0.4) is 0 Å². The second kappa shape index (κ2) is 11.1. The van der Waals surface area contributed by atoms with Gasteiger partial charge in [0.15, 0.2) is 0 Å². The summed E-state index contributed by atoms with van der Waals surface area (Å²) < 4.78 is 3.81. The molecule has 0 saturated carbocycles. The van der Waals surface area contributed by atoms with E-state index in [0.717, 1.165) is 37.1 Å². The molecule has 4 nitrogen and oxygen atoms in total. The maximum atomic E-state index is 4.37. The minimum atomic E-state index is 0.894. The predicted molar refractivity (Wildman–Crippen MR) is 136 cm³/mol. The van der Waals surface area contributed by atoms with Crippen LogP contribution in [-0.2, 0) is 19.3 Å². The van der Waals surface area contributed by atoms with Gasteiger partial charge in [0.2, 0.25) is 0 Å².